The van der Waals surface area contributed by atoms with Gasteiger partial charge >= 0.3 is 5.97 Å². The Balaban J connectivity index is 1.70. The molecule has 2 aromatic heterocycles. The highest BCUT2D eigenvalue weighted by molar-refractivity contribution is 7.99. The number of nitrogens with one attached hydrogen (secondary N) is 1. The summed E-state index contributed by atoms with van der Waals surface area (Å²) in [6.07, 6.45) is 1.29. The predicted molar refractivity (Wildman–Crippen MR) is 130 cm³/mol. The molecule has 3 aromatic rings. The molecule has 33 heavy (non-hydrogen) atoms. The zero-order chi connectivity index (χ0) is 24.0. The molecular formula is C22H23ClN4O4S2. The number of carbonyl (C=O) groups is 2. The second kappa shape index (κ2) is 11.4. The third-order valence-electron chi connectivity index (χ3n) is 4.41. The van der Waals surface area contributed by atoms with Crippen LogP contribution in [-0.4, -0.2) is 39.5 Å². The molecule has 2 heterocycles. The second-order valence-corrected chi connectivity index (χ2v) is 9.46. The number of ether oxygens (including phenoxy) is 2. The molecule has 0 bridgehead atoms. The molecule has 0 aliphatic heterocycles. The van der Waals surface area contributed by atoms with E-state index in [2.05, 4.69) is 22.1 Å². The molecule has 0 aliphatic rings. The van der Waals surface area contributed by atoms with E-state index >= 15 is 0 Å². The van der Waals surface area contributed by atoms with Crippen LogP contribution in [0, 0.1) is 6.92 Å². The van der Waals surface area contributed by atoms with Crippen LogP contribution in [0.5, 0.6) is 5.75 Å². The summed E-state index contributed by atoms with van der Waals surface area (Å²) in [5.74, 6) is 0.431. The van der Waals surface area contributed by atoms with Gasteiger partial charge in [-0.25, -0.2) is 4.79 Å². The van der Waals surface area contributed by atoms with Gasteiger partial charge in [0, 0.05) is 11.4 Å². The van der Waals surface area contributed by atoms with Gasteiger partial charge in [-0.3, -0.25) is 9.36 Å². The first kappa shape index (κ1) is 24.8. The zero-order valence-corrected chi connectivity index (χ0v) is 20.7. The molecule has 1 unspecified atom stereocenters. The van der Waals surface area contributed by atoms with Crippen molar-refractivity contribution in [2.24, 2.45) is 0 Å². The maximum absolute atomic E-state index is 12.6. The van der Waals surface area contributed by atoms with Gasteiger partial charge in [0.15, 0.2) is 17.1 Å². The maximum atomic E-state index is 12.6. The summed E-state index contributed by atoms with van der Waals surface area (Å²) < 4.78 is 12.6. The number of rotatable bonds is 10. The Labute approximate surface area is 204 Å². The van der Waals surface area contributed by atoms with E-state index in [1.165, 1.54) is 30.2 Å². The number of thiophene rings is 1. The normalized spacial score (nSPS) is 11.6. The molecule has 174 valence electrons. The molecule has 0 saturated heterocycles. The lowest BCUT2D eigenvalue weighted by atomic mass is 10.3. The smallest absolute Gasteiger partial charge is 0.340 e. The van der Waals surface area contributed by atoms with Crippen LogP contribution in [0.2, 0.25) is 5.02 Å². The minimum Gasteiger partial charge on any atom is -0.481 e. The highest BCUT2D eigenvalue weighted by Gasteiger charge is 2.21. The van der Waals surface area contributed by atoms with E-state index < -0.39 is 12.1 Å². The number of aromatic nitrogens is 3. The number of carbonyl (C=O) groups excluding carboxylic acids is 2. The Morgan fingerprint density at radius 2 is 2.12 bits per heavy atom. The quantitative estimate of drug-likeness (QED) is 0.231. The fourth-order valence-corrected chi connectivity index (χ4v) is 4.80. The lowest BCUT2D eigenvalue weighted by Gasteiger charge is -2.16. The van der Waals surface area contributed by atoms with Crippen LogP contribution < -0.4 is 10.1 Å². The third kappa shape index (κ3) is 6.16. The zero-order valence-electron chi connectivity index (χ0n) is 18.3. The molecule has 3 rings (SSSR count). The van der Waals surface area contributed by atoms with Gasteiger partial charge in [0.1, 0.15) is 10.8 Å². The van der Waals surface area contributed by atoms with Crippen molar-refractivity contribution in [2.45, 2.75) is 31.7 Å². The molecule has 0 saturated carbocycles. The molecule has 0 spiro atoms. The van der Waals surface area contributed by atoms with E-state index in [4.69, 9.17) is 21.1 Å². The van der Waals surface area contributed by atoms with E-state index in [1.807, 2.05) is 30.5 Å². The Morgan fingerprint density at radius 3 is 2.82 bits per heavy atom. The first-order valence-corrected chi connectivity index (χ1v) is 12.1. The molecule has 0 aliphatic carbocycles. The number of aryl methyl sites for hydroxylation is 1. The summed E-state index contributed by atoms with van der Waals surface area (Å²) in [5, 5.41) is 12.8. The number of halogens is 1. The standard InChI is InChI=1S/C22H23ClN4O4S2/c1-5-10-27-19(14(3)31-17-9-7-6-8-16(17)23)25-26-22(27)32-12-18(28)24-20-15(21(29)30-4)11-13(2)33-20/h5-9,11,14H,1,10,12H2,2-4H3,(H,24,28). The van der Waals surface area contributed by atoms with Crippen LogP contribution in [-0.2, 0) is 16.1 Å². The summed E-state index contributed by atoms with van der Waals surface area (Å²) in [4.78, 5) is 25.4. The summed E-state index contributed by atoms with van der Waals surface area (Å²) in [7, 11) is 1.30. The van der Waals surface area contributed by atoms with Gasteiger partial charge in [-0.2, -0.15) is 0 Å². The van der Waals surface area contributed by atoms with Crippen molar-refractivity contribution in [3.05, 3.63) is 64.3 Å². The Hall–Kier alpha value is -2.82. The molecule has 11 heteroatoms. The van der Waals surface area contributed by atoms with Crippen LogP contribution in [0.25, 0.3) is 0 Å². The van der Waals surface area contributed by atoms with Crippen LogP contribution in [0.4, 0.5) is 5.00 Å². The van der Waals surface area contributed by atoms with Crippen molar-refractivity contribution in [1.29, 1.82) is 0 Å². The number of hydrogen-bond acceptors (Lipinski definition) is 8. The number of hydrogen-bond donors (Lipinski definition) is 1. The molecule has 1 aromatic carbocycles. The Morgan fingerprint density at radius 1 is 1.36 bits per heavy atom. The van der Waals surface area contributed by atoms with Crippen LogP contribution in [0.15, 0.2) is 48.1 Å². The highest BCUT2D eigenvalue weighted by Crippen LogP contribution is 2.30. The number of benzene rings is 1. The van der Waals surface area contributed by atoms with E-state index in [1.54, 1.807) is 24.3 Å². The van der Waals surface area contributed by atoms with Crippen LogP contribution in [0.1, 0.15) is 34.1 Å². The van der Waals surface area contributed by atoms with Crippen LogP contribution >= 0.6 is 34.7 Å². The van der Waals surface area contributed by atoms with E-state index in [0.29, 0.717) is 38.9 Å². The highest BCUT2D eigenvalue weighted by atomic mass is 35.5. The lowest BCUT2D eigenvalue weighted by molar-refractivity contribution is -0.113. The van der Waals surface area contributed by atoms with Crippen molar-refractivity contribution in [2.75, 3.05) is 18.2 Å². The van der Waals surface area contributed by atoms with Gasteiger partial charge in [-0.15, -0.1) is 28.1 Å². The SMILES string of the molecule is C=CCn1c(SCC(=O)Nc2sc(C)cc2C(=O)OC)nnc1C(C)Oc1ccccc1Cl. The molecule has 1 atom stereocenters. The Kier molecular flexibility index (Phi) is 8.54. The second-order valence-electron chi connectivity index (χ2n) is 6.86. The summed E-state index contributed by atoms with van der Waals surface area (Å²) in [5.41, 5.74) is 0.334. The van der Waals surface area contributed by atoms with E-state index in [-0.39, 0.29) is 11.7 Å². The largest absolute Gasteiger partial charge is 0.481 e. The van der Waals surface area contributed by atoms with Crippen molar-refractivity contribution in [3.8, 4) is 5.75 Å². The molecular weight excluding hydrogens is 484 g/mol. The van der Waals surface area contributed by atoms with Crippen molar-refractivity contribution in [3.63, 3.8) is 0 Å². The molecule has 0 radical (unpaired) electrons. The lowest BCUT2D eigenvalue weighted by Crippen LogP contribution is -2.16. The number of amides is 1. The van der Waals surface area contributed by atoms with Gasteiger partial charge in [-0.05, 0) is 32.0 Å². The number of esters is 1. The molecule has 1 N–H and O–H groups in total. The van der Waals surface area contributed by atoms with Crippen molar-refractivity contribution < 1.29 is 19.1 Å². The number of methoxy groups -OCH3 is 1. The van der Waals surface area contributed by atoms with Crippen molar-refractivity contribution >= 4 is 51.6 Å². The van der Waals surface area contributed by atoms with Gasteiger partial charge in [0.05, 0.1) is 23.4 Å². The van der Waals surface area contributed by atoms with Crippen molar-refractivity contribution in [1.82, 2.24) is 14.8 Å². The number of allylic oxidation sites excluding steroid dienone is 1. The van der Waals surface area contributed by atoms with E-state index in [9.17, 15) is 9.59 Å². The topological polar surface area (TPSA) is 95.3 Å². The number of thioether (sulfide) groups is 1. The minimum atomic E-state index is -0.495. The fraction of sp³-hybridized carbons (Fsp3) is 0.273. The summed E-state index contributed by atoms with van der Waals surface area (Å²) in [6, 6.07) is 8.88. The average molecular weight is 507 g/mol. The third-order valence-corrected chi connectivity index (χ3v) is 6.65. The summed E-state index contributed by atoms with van der Waals surface area (Å²) >= 11 is 8.73. The minimum absolute atomic E-state index is 0.0760. The van der Waals surface area contributed by atoms with Gasteiger partial charge in [0.25, 0.3) is 0 Å². The van der Waals surface area contributed by atoms with Crippen LogP contribution in [0.3, 0.4) is 0 Å². The number of para-hydroxylation sites is 1. The molecule has 1 amide bonds. The molecule has 8 nitrogen and oxygen atoms in total. The van der Waals surface area contributed by atoms with Gasteiger partial charge in [-0.1, -0.05) is 41.6 Å². The van der Waals surface area contributed by atoms with E-state index in [0.717, 1.165) is 4.88 Å². The monoisotopic (exact) mass is 506 g/mol. The first-order chi connectivity index (χ1) is 15.8. The Bertz CT molecular complexity index is 1160. The number of anilines is 1. The number of nitrogens with zero attached hydrogens (tertiary/aromatic N) is 3. The maximum Gasteiger partial charge on any atom is 0.340 e. The van der Waals surface area contributed by atoms with Gasteiger partial charge in [0.2, 0.25) is 5.91 Å². The first-order valence-electron chi connectivity index (χ1n) is 9.90. The molecule has 0 fully saturated rings. The predicted octanol–water partition coefficient (Wildman–Crippen LogP) is 5.14. The fourth-order valence-electron chi connectivity index (χ4n) is 2.95. The average Bonchev–Trinajstić information content (AvgIpc) is 3.36. The van der Waals surface area contributed by atoms with Gasteiger partial charge < -0.3 is 14.8 Å². The summed E-state index contributed by atoms with van der Waals surface area (Å²) in [6.45, 7) is 7.94.